The molecule has 0 saturated carbocycles. The molecule has 5 rings (SSSR count). The van der Waals surface area contributed by atoms with E-state index in [2.05, 4.69) is 40.7 Å². The number of piperidine rings is 1. The van der Waals surface area contributed by atoms with Gasteiger partial charge in [0, 0.05) is 37.2 Å². The van der Waals surface area contributed by atoms with Gasteiger partial charge in [-0.25, -0.2) is 9.97 Å². The minimum Gasteiger partial charge on any atom is -0.494 e. The van der Waals surface area contributed by atoms with Gasteiger partial charge in [0.2, 0.25) is 5.95 Å². The fourth-order valence-electron chi connectivity index (χ4n) is 4.88. The summed E-state index contributed by atoms with van der Waals surface area (Å²) in [5, 5.41) is 3.41. The number of aryl methyl sites for hydroxylation is 2. The minimum absolute atomic E-state index is 0.307. The second-order valence-electron chi connectivity index (χ2n) is 8.71. The number of nitrogens with zero attached hydrogens (tertiary/aromatic N) is 6. The molecule has 0 spiro atoms. The van der Waals surface area contributed by atoms with Gasteiger partial charge in [-0.1, -0.05) is 13.5 Å². The zero-order chi connectivity index (χ0) is 23.1. The number of anilines is 4. The maximum absolute atomic E-state index is 5.67. The molecule has 0 aliphatic carbocycles. The van der Waals surface area contributed by atoms with Crippen LogP contribution in [0.1, 0.15) is 37.6 Å². The Labute approximate surface area is 194 Å². The third-order valence-corrected chi connectivity index (χ3v) is 6.62. The van der Waals surface area contributed by atoms with Crippen LogP contribution < -0.4 is 19.9 Å². The number of fused-ring (bicyclic) bond motifs is 3. The highest BCUT2D eigenvalue weighted by Gasteiger charge is 2.37. The largest absolute Gasteiger partial charge is 0.494 e. The Morgan fingerprint density at radius 3 is 2.82 bits per heavy atom. The van der Waals surface area contributed by atoms with Crippen molar-refractivity contribution in [3.05, 3.63) is 54.4 Å². The molecular weight excluding hydrogens is 414 g/mol. The third-order valence-electron chi connectivity index (χ3n) is 6.62. The van der Waals surface area contributed by atoms with E-state index >= 15 is 0 Å². The number of nitrogens with one attached hydrogen (secondary N) is 1. The van der Waals surface area contributed by atoms with E-state index in [9.17, 15) is 0 Å². The summed E-state index contributed by atoms with van der Waals surface area (Å²) in [5.41, 5.74) is 6.00. The monoisotopic (exact) mass is 445 g/mol. The highest BCUT2D eigenvalue weighted by Crippen LogP contribution is 2.43. The van der Waals surface area contributed by atoms with Crippen LogP contribution in [-0.2, 0) is 6.42 Å². The van der Waals surface area contributed by atoms with Gasteiger partial charge in [-0.05, 0) is 44.7 Å². The van der Waals surface area contributed by atoms with E-state index in [0.717, 1.165) is 65.1 Å². The Hall–Kier alpha value is -3.55. The van der Waals surface area contributed by atoms with Gasteiger partial charge in [-0.2, -0.15) is 4.98 Å². The molecule has 1 fully saturated rings. The zero-order valence-corrected chi connectivity index (χ0v) is 19.8. The number of benzene rings is 1. The van der Waals surface area contributed by atoms with Crippen molar-refractivity contribution in [3.63, 3.8) is 0 Å². The molecule has 2 aliphatic rings. The van der Waals surface area contributed by atoms with Crippen molar-refractivity contribution in [2.75, 3.05) is 35.8 Å². The normalized spacial score (nSPS) is 17.6. The summed E-state index contributed by atoms with van der Waals surface area (Å²) in [5.74, 6) is 2.35. The number of imidazole rings is 1. The maximum atomic E-state index is 5.67. The number of hydrogen-bond acceptors (Lipinski definition) is 7. The SMILES string of the molecule is C=C1C2CCCCN2c2nc(Nc3ccc(-n4cnc(C)c4)c(OC)c3)nc(CC)c2N1C. The Morgan fingerprint density at radius 2 is 2.09 bits per heavy atom. The molecule has 3 aromatic rings. The van der Waals surface area contributed by atoms with Crippen LogP contribution in [0.25, 0.3) is 5.69 Å². The molecule has 1 N–H and O–H groups in total. The van der Waals surface area contributed by atoms with E-state index < -0.39 is 0 Å². The zero-order valence-electron chi connectivity index (χ0n) is 19.8. The second-order valence-corrected chi connectivity index (χ2v) is 8.71. The van der Waals surface area contributed by atoms with Gasteiger partial charge in [0.05, 0.1) is 36.6 Å². The molecule has 0 bridgehead atoms. The fraction of sp³-hybridized carbons (Fsp3) is 0.400. The van der Waals surface area contributed by atoms with Crippen LogP contribution in [0.3, 0.4) is 0 Å². The molecule has 1 aromatic carbocycles. The highest BCUT2D eigenvalue weighted by atomic mass is 16.5. The van der Waals surface area contributed by atoms with Crippen molar-refractivity contribution in [1.29, 1.82) is 0 Å². The van der Waals surface area contributed by atoms with E-state index in [4.69, 9.17) is 14.7 Å². The summed E-state index contributed by atoms with van der Waals surface area (Å²) >= 11 is 0. The Bertz CT molecular complexity index is 1200. The van der Waals surface area contributed by atoms with Crippen molar-refractivity contribution in [1.82, 2.24) is 19.5 Å². The Morgan fingerprint density at radius 1 is 1.24 bits per heavy atom. The lowest BCUT2D eigenvalue weighted by atomic mass is 9.96. The van der Waals surface area contributed by atoms with Crippen molar-refractivity contribution in [3.8, 4) is 11.4 Å². The summed E-state index contributed by atoms with van der Waals surface area (Å²) in [6.45, 7) is 9.49. The quantitative estimate of drug-likeness (QED) is 0.615. The molecule has 0 amide bonds. The van der Waals surface area contributed by atoms with Crippen molar-refractivity contribution in [2.45, 2.75) is 45.6 Å². The molecular formula is C25H31N7O. The van der Waals surface area contributed by atoms with Crippen LogP contribution in [0, 0.1) is 6.92 Å². The van der Waals surface area contributed by atoms with Gasteiger partial charge in [-0.15, -0.1) is 0 Å². The molecule has 8 heteroatoms. The molecule has 0 radical (unpaired) electrons. The number of rotatable bonds is 5. The Balaban J connectivity index is 1.51. The maximum Gasteiger partial charge on any atom is 0.229 e. The predicted molar refractivity (Wildman–Crippen MR) is 132 cm³/mol. The average Bonchev–Trinajstić information content (AvgIpc) is 3.27. The first-order valence-electron chi connectivity index (χ1n) is 11.6. The number of ether oxygens (including phenoxy) is 1. The van der Waals surface area contributed by atoms with E-state index in [0.29, 0.717) is 12.0 Å². The smallest absolute Gasteiger partial charge is 0.229 e. The molecule has 8 nitrogen and oxygen atoms in total. The van der Waals surface area contributed by atoms with E-state index in [1.165, 1.54) is 12.8 Å². The number of aromatic nitrogens is 4. The summed E-state index contributed by atoms with van der Waals surface area (Å²) < 4.78 is 7.63. The number of likely N-dealkylation sites (N-methyl/N-ethyl adjacent to an activating group) is 1. The summed E-state index contributed by atoms with van der Waals surface area (Å²) in [4.78, 5) is 18.8. The van der Waals surface area contributed by atoms with Gasteiger partial charge in [-0.3, -0.25) is 0 Å². The predicted octanol–water partition coefficient (Wildman–Crippen LogP) is 4.61. The van der Waals surface area contributed by atoms with Crippen molar-refractivity contribution >= 4 is 23.1 Å². The van der Waals surface area contributed by atoms with Crippen LogP contribution in [-0.4, -0.2) is 46.3 Å². The standard InChI is InChI=1S/C25H31N7O/c1-6-19-23-24(32-12-8-7-9-20(32)17(3)30(23)4)29-25(28-19)27-18-10-11-21(22(13-18)33-5)31-14-16(2)26-15-31/h10-11,13-15,20H,3,6-9,12H2,1-2,4-5H3,(H,27,28,29). The molecule has 2 aliphatic heterocycles. The van der Waals surface area contributed by atoms with Gasteiger partial charge in [0.25, 0.3) is 0 Å². The molecule has 2 aromatic heterocycles. The fourth-order valence-corrected chi connectivity index (χ4v) is 4.88. The minimum atomic E-state index is 0.307. The second kappa shape index (κ2) is 8.42. The topological polar surface area (TPSA) is 71.3 Å². The molecule has 33 heavy (non-hydrogen) atoms. The average molecular weight is 446 g/mol. The number of hydrogen-bond donors (Lipinski definition) is 1. The first-order valence-corrected chi connectivity index (χ1v) is 11.6. The molecule has 1 saturated heterocycles. The summed E-state index contributed by atoms with van der Waals surface area (Å²) in [6.07, 6.45) is 8.10. The third kappa shape index (κ3) is 3.69. The van der Waals surface area contributed by atoms with Crippen LogP contribution in [0.4, 0.5) is 23.1 Å². The highest BCUT2D eigenvalue weighted by molar-refractivity contribution is 5.78. The molecule has 1 atom stereocenters. The van der Waals surface area contributed by atoms with Crippen molar-refractivity contribution < 1.29 is 4.74 Å². The lowest BCUT2D eigenvalue weighted by Crippen LogP contribution is -2.49. The van der Waals surface area contributed by atoms with Crippen molar-refractivity contribution in [2.24, 2.45) is 0 Å². The first kappa shape index (κ1) is 21.3. The lowest BCUT2D eigenvalue weighted by molar-refractivity contribution is 0.413. The van der Waals surface area contributed by atoms with Gasteiger partial charge < -0.3 is 24.4 Å². The molecule has 4 heterocycles. The summed E-state index contributed by atoms with van der Waals surface area (Å²) in [6, 6.07) is 6.30. The molecule has 172 valence electrons. The van der Waals surface area contributed by atoms with Gasteiger partial charge >= 0.3 is 0 Å². The van der Waals surface area contributed by atoms with E-state index in [-0.39, 0.29) is 0 Å². The summed E-state index contributed by atoms with van der Waals surface area (Å²) in [7, 11) is 3.76. The van der Waals surface area contributed by atoms with Crippen LogP contribution in [0.15, 0.2) is 43.0 Å². The van der Waals surface area contributed by atoms with Crippen LogP contribution in [0.2, 0.25) is 0 Å². The Kier molecular flexibility index (Phi) is 5.44. The number of methoxy groups -OCH3 is 1. The van der Waals surface area contributed by atoms with Crippen LogP contribution in [0.5, 0.6) is 5.75 Å². The lowest BCUT2D eigenvalue weighted by Gasteiger charge is -2.46. The molecule has 1 unspecified atom stereocenters. The van der Waals surface area contributed by atoms with E-state index in [1.807, 2.05) is 35.9 Å². The van der Waals surface area contributed by atoms with Crippen LogP contribution >= 0.6 is 0 Å². The van der Waals surface area contributed by atoms with E-state index in [1.54, 1.807) is 13.4 Å². The first-order chi connectivity index (χ1) is 16.0. The van der Waals surface area contributed by atoms with Gasteiger partial charge in [0.15, 0.2) is 5.82 Å². The van der Waals surface area contributed by atoms with Gasteiger partial charge in [0.1, 0.15) is 11.4 Å².